The number of hydrogen-bond acceptors (Lipinski definition) is 4. The summed E-state index contributed by atoms with van der Waals surface area (Å²) in [4.78, 5) is 18.5. The van der Waals surface area contributed by atoms with Gasteiger partial charge in [0.05, 0.1) is 5.69 Å². The fourth-order valence-electron chi connectivity index (χ4n) is 4.07. The van der Waals surface area contributed by atoms with Crippen LogP contribution in [0.2, 0.25) is 0 Å². The second kappa shape index (κ2) is 8.45. The van der Waals surface area contributed by atoms with E-state index in [1.165, 1.54) is 30.1 Å². The molecule has 1 amide bonds. The number of rotatable bonds is 5. The van der Waals surface area contributed by atoms with Crippen molar-refractivity contribution < 1.29 is 4.79 Å². The van der Waals surface area contributed by atoms with Crippen molar-refractivity contribution >= 4 is 23.4 Å². The number of nitrogens with zero attached hydrogens (tertiary/aromatic N) is 2. The summed E-state index contributed by atoms with van der Waals surface area (Å²) in [6.45, 7) is 9.96. The number of piperidine rings is 1. The first-order chi connectivity index (χ1) is 12.0. The number of carbonyl (C=O) groups excluding carboxylic acids is 1. The molecule has 0 aromatic heterocycles. The van der Waals surface area contributed by atoms with E-state index in [-0.39, 0.29) is 5.91 Å². The highest BCUT2D eigenvalue weighted by molar-refractivity contribution is 7.99. The van der Waals surface area contributed by atoms with Crippen LogP contribution in [0.5, 0.6) is 0 Å². The van der Waals surface area contributed by atoms with E-state index >= 15 is 0 Å². The molecule has 1 N–H and O–H groups in total. The summed E-state index contributed by atoms with van der Waals surface area (Å²) < 4.78 is 0. The van der Waals surface area contributed by atoms with Gasteiger partial charge in [-0.2, -0.15) is 0 Å². The summed E-state index contributed by atoms with van der Waals surface area (Å²) in [5.41, 5.74) is 1.95. The van der Waals surface area contributed by atoms with Gasteiger partial charge in [0.2, 0.25) is 0 Å². The van der Waals surface area contributed by atoms with Crippen molar-refractivity contribution in [2.75, 3.05) is 50.4 Å². The lowest BCUT2D eigenvalue weighted by Crippen LogP contribution is -2.40. The Bertz CT molecular complexity index is 597. The van der Waals surface area contributed by atoms with Crippen molar-refractivity contribution in [2.45, 2.75) is 31.6 Å². The number of likely N-dealkylation sites (tertiary alicyclic amines) is 1. The highest BCUT2D eigenvalue weighted by Gasteiger charge is 2.21. The van der Waals surface area contributed by atoms with E-state index in [0.717, 1.165) is 49.2 Å². The molecular weight excluding hydrogens is 330 g/mol. The largest absolute Gasteiger partial charge is 0.373 e. The maximum atomic E-state index is 12.4. The average molecular weight is 362 g/mol. The summed E-state index contributed by atoms with van der Waals surface area (Å²) in [7, 11) is 2.10. The summed E-state index contributed by atoms with van der Waals surface area (Å²) in [5.74, 6) is 2.75. The van der Waals surface area contributed by atoms with Crippen molar-refractivity contribution in [3.8, 4) is 0 Å². The minimum Gasteiger partial charge on any atom is -0.373 e. The van der Waals surface area contributed by atoms with Gasteiger partial charge in [-0.15, -0.1) is 11.8 Å². The van der Waals surface area contributed by atoms with Crippen LogP contribution in [0.25, 0.3) is 0 Å². The van der Waals surface area contributed by atoms with E-state index in [0.29, 0.717) is 0 Å². The van der Waals surface area contributed by atoms with E-state index < -0.39 is 0 Å². The number of thioether (sulfide) groups is 1. The summed E-state index contributed by atoms with van der Waals surface area (Å²) in [5, 5.41) is 3.09. The second-order valence-electron chi connectivity index (χ2n) is 7.77. The number of benzene rings is 1. The van der Waals surface area contributed by atoms with Crippen molar-refractivity contribution in [2.24, 2.45) is 11.8 Å². The van der Waals surface area contributed by atoms with Gasteiger partial charge in [-0.05, 0) is 49.4 Å². The molecule has 2 aliphatic rings. The fourth-order valence-corrected chi connectivity index (χ4v) is 5.19. The molecule has 4 nitrogen and oxygen atoms in total. The zero-order valence-corrected chi connectivity index (χ0v) is 16.6. The lowest BCUT2D eigenvalue weighted by molar-refractivity contribution is 0.0947. The van der Waals surface area contributed by atoms with Gasteiger partial charge >= 0.3 is 0 Å². The van der Waals surface area contributed by atoms with Crippen LogP contribution in [-0.2, 0) is 0 Å². The topological polar surface area (TPSA) is 35.6 Å². The van der Waals surface area contributed by atoms with Crippen LogP contribution in [0, 0.1) is 11.8 Å². The molecule has 2 heterocycles. The molecule has 138 valence electrons. The molecule has 0 radical (unpaired) electrons. The first-order valence-electron chi connectivity index (χ1n) is 9.51. The quantitative estimate of drug-likeness (QED) is 0.816. The van der Waals surface area contributed by atoms with Crippen LogP contribution >= 0.6 is 11.8 Å². The maximum Gasteiger partial charge on any atom is 0.251 e. The van der Waals surface area contributed by atoms with Crippen molar-refractivity contribution in [1.29, 1.82) is 0 Å². The van der Waals surface area contributed by atoms with Gasteiger partial charge in [0.25, 0.3) is 5.91 Å². The smallest absolute Gasteiger partial charge is 0.251 e. The Morgan fingerprint density at radius 3 is 2.80 bits per heavy atom. The predicted octanol–water partition coefficient (Wildman–Crippen LogP) is 3.33. The molecule has 0 spiro atoms. The van der Waals surface area contributed by atoms with Crippen LogP contribution < -0.4 is 10.2 Å². The molecular formula is C20H31N3OS. The molecule has 2 atom stereocenters. The zero-order valence-electron chi connectivity index (χ0n) is 15.8. The molecule has 3 rings (SSSR count). The number of hydrogen-bond donors (Lipinski definition) is 1. The third-order valence-electron chi connectivity index (χ3n) is 5.20. The molecule has 1 aromatic carbocycles. The van der Waals surface area contributed by atoms with Crippen LogP contribution in [0.15, 0.2) is 23.1 Å². The predicted molar refractivity (Wildman–Crippen MR) is 107 cm³/mol. The normalized spacial score (nSPS) is 24.0. The lowest BCUT2D eigenvalue weighted by atomic mass is 9.92. The molecule has 0 aliphatic carbocycles. The standard InChI is InChI=1S/C20H31N3OS/c1-15-11-16(2)14-23(13-15)8-4-7-21-20(24)17-5-6-19-18(12-17)22(3)9-10-25-19/h5-6,12,15-16H,4,7-11,13-14H2,1-3H3,(H,21,24)/t15-,16-/m1/s1. The van der Waals surface area contributed by atoms with Gasteiger partial charge in [-0.1, -0.05) is 13.8 Å². The van der Waals surface area contributed by atoms with Crippen LogP contribution in [0.4, 0.5) is 5.69 Å². The highest BCUT2D eigenvalue weighted by Crippen LogP contribution is 2.34. The molecule has 0 unspecified atom stereocenters. The van der Waals surface area contributed by atoms with E-state index in [1.54, 1.807) is 0 Å². The molecule has 1 fully saturated rings. The third kappa shape index (κ3) is 4.91. The Kier molecular flexibility index (Phi) is 6.29. The lowest BCUT2D eigenvalue weighted by Gasteiger charge is -2.34. The third-order valence-corrected chi connectivity index (χ3v) is 6.24. The van der Waals surface area contributed by atoms with Gasteiger partial charge in [0.15, 0.2) is 0 Å². The molecule has 5 heteroatoms. The Morgan fingerprint density at radius 2 is 2.04 bits per heavy atom. The summed E-state index contributed by atoms with van der Waals surface area (Å²) in [6, 6.07) is 6.07. The van der Waals surface area contributed by atoms with Gasteiger partial charge in [0.1, 0.15) is 0 Å². The summed E-state index contributed by atoms with van der Waals surface area (Å²) >= 11 is 1.87. The van der Waals surface area contributed by atoms with Gasteiger partial charge in [0, 0.05) is 49.4 Å². The first kappa shape index (κ1) is 18.6. The van der Waals surface area contributed by atoms with Crippen LogP contribution in [0.1, 0.15) is 37.0 Å². The molecule has 0 saturated carbocycles. The minimum atomic E-state index is 0.0483. The van der Waals surface area contributed by atoms with Crippen molar-refractivity contribution in [1.82, 2.24) is 10.2 Å². The Balaban J connectivity index is 1.46. The molecule has 2 aliphatic heterocycles. The fraction of sp³-hybridized carbons (Fsp3) is 0.650. The Morgan fingerprint density at radius 1 is 1.28 bits per heavy atom. The molecule has 0 bridgehead atoms. The highest BCUT2D eigenvalue weighted by atomic mass is 32.2. The van der Waals surface area contributed by atoms with Gasteiger partial charge in [-0.3, -0.25) is 4.79 Å². The average Bonchev–Trinajstić information content (AvgIpc) is 2.58. The van der Waals surface area contributed by atoms with Crippen LogP contribution in [0.3, 0.4) is 0 Å². The molecule has 1 aromatic rings. The van der Waals surface area contributed by atoms with E-state index in [9.17, 15) is 4.79 Å². The van der Waals surface area contributed by atoms with E-state index in [4.69, 9.17) is 0 Å². The van der Waals surface area contributed by atoms with Crippen LogP contribution in [-0.4, -0.2) is 56.3 Å². The van der Waals surface area contributed by atoms with Gasteiger partial charge < -0.3 is 15.1 Å². The second-order valence-corrected chi connectivity index (χ2v) is 8.90. The van der Waals surface area contributed by atoms with E-state index in [1.807, 2.05) is 23.9 Å². The number of carbonyl (C=O) groups is 1. The van der Waals surface area contributed by atoms with Gasteiger partial charge in [-0.25, -0.2) is 0 Å². The summed E-state index contributed by atoms with van der Waals surface area (Å²) in [6.07, 6.45) is 2.37. The SMILES string of the molecule is C[C@@H]1C[C@@H](C)CN(CCCNC(=O)c2ccc3c(c2)N(C)CCS3)C1. The number of anilines is 1. The van der Waals surface area contributed by atoms with E-state index in [2.05, 4.69) is 42.1 Å². The van der Waals surface area contributed by atoms with Crippen molar-refractivity contribution in [3.63, 3.8) is 0 Å². The first-order valence-corrected chi connectivity index (χ1v) is 10.5. The Hall–Kier alpha value is -1.20. The minimum absolute atomic E-state index is 0.0483. The monoisotopic (exact) mass is 361 g/mol. The molecule has 25 heavy (non-hydrogen) atoms. The Labute approximate surface area is 156 Å². The number of nitrogens with one attached hydrogen (secondary N) is 1. The molecule has 1 saturated heterocycles. The number of amides is 1. The zero-order chi connectivity index (χ0) is 17.8. The number of fused-ring (bicyclic) bond motifs is 1. The maximum absolute atomic E-state index is 12.4. The van der Waals surface area contributed by atoms with Crippen molar-refractivity contribution in [3.05, 3.63) is 23.8 Å².